The van der Waals surface area contributed by atoms with Gasteiger partial charge in [0.2, 0.25) is 0 Å². The molecular formula is C18H25FN2O3. The first-order valence-electron chi connectivity index (χ1n) is 8.60. The van der Waals surface area contributed by atoms with Crippen molar-refractivity contribution in [2.24, 2.45) is 5.92 Å². The van der Waals surface area contributed by atoms with E-state index in [1.807, 2.05) is 6.92 Å². The number of rotatable bonds is 4. The van der Waals surface area contributed by atoms with Gasteiger partial charge in [-0.15, -0.1) is 0 Å². The van der Waals surface area contributed by atoms with Crippen LogP contribution < -0.4 is 15.4 Å². The summed E-state index contributed by atoms with van der Waals surface area (Å²) in [4.78, 5) is 12.3. The zero-order valence-electron chi connectivity index (χ0n) is 14.2. The second kappa shape index (κ2) is 7.38. The Bertz CT molecular complexity index is 596. The molecule has 0 radical (unpaired) electrons. The van der Waals surface area contributed by atoms with Crippen molar-refractivity contribution < 1.29 is 18.7 Å². The van der Waals surface area contributed by atoms with Gasteiger partial charge in [0, 0.05) is 18.6 Å². The lowest BCUT2D eigenvalue weighted by Crippen LogP contribution is -2.49. The van der Waals surface area contributed by atoms with Crippen LogP contribution in [0.4, 0.5) is 9.18 Å². The molecule has 132 valence electrons. The summed E-state index contributed by atoms with van der Waals surface area (Å²) < 4.78 is 24.4. The minimum Gasteiger partial charge on any atom is -0.494 e. The molecule has 3 rings (SSSR count). The molecule has 0 unspecified atom stereocenters. The SMILES string of the molecule is COc1ccc([C@H](C)NC(=O)N[C@@H]2CCC[C@H]3OCC[C@@H]23)cc1F. The standard InChI is InChI=1S/C18H25FN2O3/c1-11(12-6-7-17(23-2)14(19)10-12)20-18(22)21-15-4-3-5-16-13(15)8-9-24-16/h6-7,10-11,13,15-16H,3-5,8-9H2,1-2H3,(H2,20,21,22)/t11-,13-,15+,16+/m0/s1. The van der Waals surface area contributed by atoms with Gasteiger partial charge in [0.05, 0.1) is 19.3 Å². The van der Waals surface area contributed by atoms with Crippen LogP contribution in [0.3, 0.4) is 0 Å². The third-order valence-corrected chi connectivity index (χ3v) is 5.12. The number of hydrogen-bond acceptors (Lipinski definition) is 3. The molecule has 0 spiro atoms. The van der Waals surface area contributed by atoms with Crippen LogP contribution in [0.5, 0.6) is 5.75 Å². The Morgan fingerprint density at radius 1 is 1.38 bits per heavy atom. The van der Waals surface area contributed by atoms with Crippen molar-refractivity contribution in [1.82, 2.24) is 10.6 Å². The summed E-state index contributed by atoms with van der Waals surface area (Å²) in [7, 11) is 1.43. The monoisotopic (exact) mass is 336 g/mol. The minimum atomic E-state index is -0.428. The predicted molar refractivity (Wildman–Crippen MR) is 88.5 cm³/mol. The summed E-state index contributed by atoms with van der Waals surface area (Å²) in [6.45, 7) is 2.62. The van der Waals surface area contributed by atoms with E-state index in [4.69, 9.17) is 9.47 Å². The molecule has 1 aliphatic heterocycles. The number of amides is 2. The fourth-order valence-electron chi connectivity index (χ4n) is 3.80. The Hall–Kier alpha value is -1.82. The Kier molecular flexibility index (Phi) is 5.23. The van der Waals surface area contributed by atoms with Crippen molar-refractivity contribution in [2.75, 3.05) is 13.7 Å². The summed E-state index contributed by atoms with van der Waals surface area (Å²) in [5.74, 6) is 0.186. The van der Waals surface area contributed by atoms with Gasteiger partial charge >= 0.3 is 6.03 Å². The molecule has 24 heavy (non-hydrogen) atoms. The molecular weight excluding hydrogens is 311 g/mol. The zero-order valence-corrected chi connectivity index (χ0v) is 14.2. The number of nitrogens with one attached hydrogen (secondary N) is 2. The zero-order chi connectivity index (χ0) is 17.1. The first kappa shape index (κ1) is 17.0. The molecule has 5 nitrogen and oxygen atoms in total. The molecule has 6 heteroatoms. The number of carbonyl (C=O) groups excluding carboxylic acids is 1. The number of carbonyl (C=O) groups is 1. The summed E-state index contributed by atoms with van der Waals surface area (Å²) in [6.07, 6.45) is 4.45. The molecule has 1 heterocycles. The quantitative estimate of drug-likeness (QED) is 0.888. The number of hydrogen-bond donors (Lipinski definition) is 2. The molecule has 1 saturated heterocycles. The topological polar surface area (TPSA) is 59.6 Å². The van der Waals surface area contributed by atoms with E-state index in [0.29, 0.717) is 11.5 Å². The largest absolute Gasteiger partial charge is 0.494 e. The molecule has 2 N–H and O–H groups in total. The summed E-state index contributed by atoms with van der Waals surface area (Å²) in [6, 6.07) is 4.38. The van der Waals surface area contributed by atoms with E-state index >= 15 is 0 Å². The number of methoxy groups -OCH3 is 1. The molecule has 1 aromatic rings. The van der Waals surface area contributed by atoms with E-state index in [1.165, 1.54) is 13.2 Å². The van der Waals surface area contributed by atoms with E-state index in [0.717, 1.165) is 32.3 Å². The number of benzene rings is 1. The maximum atomic E-state index is 13.8. The van der Waals surface area contributed by atoms with Crippen LogP contribution in [0.1, 0.15) is 44.2 Å². The highest BCUT2D eigenvalue weighted by Gasteiger charge is 2.38. The van der Waals surface area contributed by atoms with Crippen molar-refractivity contribution in [3.8, 4) is 5.75 Å². The number of ether oxygens (including phenoxy) is 2. The minimum absolute atomic E-state index is 0.158. The normalized spacial score (nSPS) is 27.2. The first-order valence-corrected chi connectivity index (χ1v) is 8.60. The molecule has 2 fully saturated rings. The second-order valence-electron chi connectivity index (χ2n) is 6.63. The molecule has 1 saturated carbocycles. The number of halogens is 1. The van der Waals surface area contributed by atoms with E-state index in [9.17, 15) is 9.18 Å². The van der Waals surface area contributed by atoms with Crippen molar-refractivity contribution >= 4 is 6.03 Å². The molecule has 4 atom stereocenters. The van der Waals surface area contributed by atoms with Gasteiger partial charge < -0.3 is 20.1 Å². The lowest BCUT2D eigenvalue weighted by molar-refractivity contribution is 0.0549. The highest BCUT2D eigenvalue weighted by molar-refractivity contribution is 5.74. The van der Waals surface area contributed by atoms with Crippen molar-refractivity contribution in [1.29, 1.82) is 0 Å². The average molecular weight is 336 g/mol. The fourth-order valence-corrected chi connectivity index (χ4v) is 3.80. The lowest BCUT2D eigenvalue weighted by Gasteiger charge is -2.33. The fraction of sp³-hybridized carbons (Fsp3) is 0.611. The van der Waals surface area contributed by atoms with Crippen LogP contribution >= 0.6 is 0 Å². The van der Waals surface area contributed by atoms with Gasteiger partial charge in [0.25, 0.3) is 0 Å². The van der Waals surface area contributed by atoms with Gasteiger partial charge in [-0.2, -0.15) is 0 Å². The highest BCUT2D eigenvalue weighted by Crippen LogP contribution is 2.34. The maximum absolute atomic E-state index is 13.8. The van der Waals surface area contributed by atoms with Crippen LogP contribution in [-0.4, -0.2) is 31.9 Å². The van der Waals surface area contributed by atoms with E-state index in [2.05, 4.69) is 10.6 Å². The molecule has 0 bridgehead atoms. The summed E-state index contributed by atoms with van der Waals surface area (Å²) >= 11 is 0. The van der Waals surface area contributed by atoms with Crippen LogP contribution in [0.25, 0.3) is 0 Å². The number of fused-ring (bicyclic) bond motifs is 1. The molecule has 1 aromatic carbocycles. The van der Waals surface area contributed by atoms with E-state index < -0.39 is 5.82 Å². The Morgan fingerprint density at radius 2 is 2.21 bits per heavy atom. The second-order valence-corrected chi connectivity index (χ2v) is 6.63. The third kappa shape index (κ3) is 3.64. The number of urea groups is 1. The van der Waals surface area contributed by atoms with Crippen LogP contribution in [0.15, 0.2) is 18.2 Å². The summed E-state index contributed by atoms with van der Waals surface area (Å²) in [5.41, 5.74) is 0.703. The van der Waals surface area contributed by atoms with Gasteiger partial charge in [-0.05, 0) is 50.3 Å². The third-order valence-electron chi connectivity index (χ3n) is 5.12. The van der Waals surface area contributed by atoms with Crippen molar-refractivity contribution in [3.05, 3.63) is 29.6 Å². The van der Waals surface area contributed by atoms with E-state index in [1.54, 1.807) is 12.1 Å². The van der Waals surface area contributed by atoms with Gasteiger partial charge in [-0.3, -0.25) is 0 Å². The molecule has 1 aliphatic carbocycles. The maximum Gasteiger partial charge on any atom is 0.315 e. The highest BCUT2D eigenvalue weighted by atomic mass is 19.1. The van der Waals surface area contributed by atoms with Crippen molar-refractivity contribution in [3.63, 3.8) is 0 Å². The van der Waals surface area contributed by atoms with Crippen molar-refractivity contribution in [2.45, 2.75) is 50.8 Å². The molecule has 2 amide bonds. The van der Waals surface area contributed by atoms with Gasteiger partial charge in [-0.25, -0.2) is 9.18 Å². The Morgan fingerprint density at radius 3 is 2.96 bits per heavy atom. The predicted octanol–water partition coefficient (Wildman–Crippen LogP) is 3.15. The average Bonchev–Trinajstić information content (AvgIpc) is 3.04. The van der Waals surface area contributed by atoms with Gasteiger partial charge in [0.15, 0.2) is 11.6 Å². The van der Waals surface area contributed by atoms with Crippen LogP contribution in [0, 0.1) is 11.7 Å². The first-order chi connectivity index (χ1) is 11.6. The Labute approximate surface area is 141 Å². The molecule has 0 aromatic heterocycles. The van der Waals surface area contributed by atoms with Gasteiger partial charge in [-0.1, -0.05) is 6.07 Å². The van der Waals surface area contributed by atoms with Crippen LogP contribution in [0.2, 0.25) is 0 Å². The smallest absolute Gasteiger partial charge is 0.315 e. The molecule has 2 aliphatic rings. The van der Waals surface area contributed by atoms with Crippen LogP contribution in [-0.2, 0) is 4.74 Å². The van der Waals surface area contributed by atoms with Gasteiger partial charge in [0.1, 0.15) is 0 Å². The lowest BCUT2D eigenvalue weighted by atomic mass is 9.82. The van der Waals surface area contributed by atoms with E-state index in [-0.39, 0.29) is 30.0 Å². The summed E-state index contributed by atoms with van der Waals surface area (Å²) in [5, 5.41) is 5.97. The Balaban J connectivity index is 1.57.